The van der Waals surface area contributed by atoms with Crippen LogP contribution in [0.4, 0.5) is 0 Å². The quantitative estimate of drug-likeness (QED) is 0.0418. The first-order chi connectivity index (χ1) is 20.6. The minimum absolute atomic E-state index is 0.310. The maximum absolute atomic E-state index is 7.04. The van der Waals surface area contributed by atoms with Gasteiger partial charge in [-0.05, 0) is 62.7 Å². The molecule has 1 saturated heterocycles. The summed E-state index contributed by atoms with van der Waals surface area (Å²) in [5.41, 5.74) is 0. The third-order valence-corrected chi connectivity index (χ3v) is 11.6. The average molecular weight is 615 g/mol. The smallest absolute Gasteiger partial charge is 0.379 e. The summed E-state index contributed by atoms with van der Waals surface area (Å²) in [6.07, 6.45) is 23.9. The summed E-state index contributed by atoms with van der Waals surface area (Å²) in [6.45, 7) is 18.4. The van der Waals surface area contributed by atoms with Crippen LogP contribution in [0.2, 0.25) is 6.04 Å². The van der Waals surface area contributed by atoms with Crippen LogP contribution in [0.25, 0.3) is 0 Å². The monoisotopic (exact) mass is 615 g/mol. The lowest BCUT2D eigenvalue weighted by atomic mass is 9.98. The number of ether oxygens (including phenoxy) is 2. The fraction of sp³-hybridized carbons (Fsp3) is 1.00. The number of hydrogen-bond donors (Lipinski definition) is 0. The summed E-state index contributed by atoms with van der Waals surface area (Å²) < 4.78 is 32.4. The summed E-state index contributed by atoms with van der Waals surface area (Å²) >= 11 is 0. The van der Waals surface area contributed by atoms with E-state index >= 15 is 0 Å². The molecule has 0 spiro atoms. The summed E-state index contributed by atoms with van der Waals surface area (Å²) in [5.74, 6) is 1.78. The molecule has 4 unspecified atom stereocenters. The fourth-order valence-electron chi connectivity index (χ4n) is 6.05. The summed E-state index contributed by atoms with van der Waals surface area (Å²) in [5, 5.41) is 0. The van der Waals surface area contributed by atoms with Crippen molar-refractivity contribution < 1.29 is 22.8 Å². The Morgan fingerprint density at radius 2 is 0.952 bits per heavy atom. The molecule has 0 aliphatic carbocycles. The molecule has 0 aromatic carbocycles. The number of hydrogen-bond acceptors (Lipinski definition) is 5. The van der Waals surface area contributed by atoms with E-state index in [1.54, 1.807) is 0 Å². The van der Waals surface area contributed by atoms with Crippen molar-refractivity contribution in [2.45, 2.75) is 176 Å². The summed E-state index contributed by atoms with van der Waals surface area (Å²) in [4.78, 5) is 0. The van der Waals surface area contributed by atoms with Gasteiger partial charge in [0.05, 0.1) is 13.2 Å². The van der Waals surface area contributed by atoms with E-state index in [4.69, 9.17) is 22.8 Å². The number of unbranched alkanes of at least 4 members (excludes halogenated alkanes) is 6. The van der Waals surface area contributed by atoms with Gasteiger partial charge in [-0.3, -0.25) is 0 Å². The highest BCUT2D eigenvalue weighted by Gasteiger charge is 2.42. The zero-order chi connectivity index (χ0) is 30.7. The highest BCUT2D eigenvalue weighted by molar-refractivity contribution is 6.60. The molecule has 1 aliphatic rings. The van der Waals surface area contributed by atoms with E-state index in [2.05, 4.69) is 41.5 Å². The van der Waals surface area contributed by atoms with Crippen LogP contribution in [-0.2, 0) is 22.8 Å². The Bertz CT molecular complexity index is 513. The highest BCUT2D eigenvalue weighted by Crippen LogP contribution is 2.28. The van der Waals surface area contributed by atoms with Crippen LogP contribution < -0.4 is 0 Å². The molecule has 1 fully saturated rings. The van der Waals surface area contributed by atoms with E-state index in [9.17, 15) is 0 Å². The highest BCUT2D eigenvalue weighted by atomic mass is 28.4. The molecule has 0 N–H and O–H groups in total. The molecule has 0 saturated carbocycles. The Balaban J connectivity index is 3.07. The first-order valence-corrected chi connectivity index (χ1v) is 20.6. The zero-order valence-corrected chi connectivity index (χ0v) is 30.2. The molecule has 1 heterocycles. The van der Waals surface area contributed by atoms with Gasteiger partial charge in [0.1, 0.15) is 6.10 Å². The van der Waals surface area contributed by atoms with Crippen LogP contribution in [0.3, 0.4) is 0 Å². The van der Waals surface area contributed by atoms with Crippen LogP contribution in [0.1, 0.15) is 164 Å². The molecule has 252 valence electrons. The van der Waals surface area contributed by atoms with Gasteiger partial charge >= 0.3 is 8.80 Å². The van der Waals surface area contributed by atoms with E-state index in [1.807, 2.05) is 0 Å². The largest absolute Gasteiger partial charge is 0.501 e. The van der Waals surface area contributed by atoms with Gasteiger partial charge in [0.25, 0.3) is 0 Å². The molecule has 6 heteroatoms. The third-order valence-electron chi connectivity index (χ3n) is 8.83. The predicted octanol–water partition coefficient (Wildman–Crippen LogP) is 10.8. The molecule has 0 aromatic rings. The molecular formula is C36H74O5Si. The van der Waals surface area contributed by atoms with Crippen molar-refractivity contribution in [3.63, 3.8) is 0 Å². The minimum atomic E-state index is -2.89. The lowest BCUT2D eigenvalue weighted by molar-refractivity contribution is 0.0202. The van der Waals surface area contributed by atoms with Gasteiger partial charge in [0, 0.05) is 32.5 Å². The van der Waals surface area contributed by atoms with Gasteiger partial charge in [-0.15, -0.1) is 0 Å². The number of epoxide rings is 1. The molecule has 1 rings (SSSR count). The van der Waals surface area contributed by atoms with Gasteiger partial charge < -0.3 is 22.8 Å². The fourth-order valence-corrected chi connectivity index (χ4v) is 8.78. The molecule has 4 atom stereocenters. The van der Waals surface area contributed by atoms with Crippen molar-refractivity contribution in [3.05, 3.63) is 0 Å². The minimum Gasteiger partial charge on any atom is -0.379 e. The standard InChI is InChI=1S/C36H74O5Si/c1-7-13-16-23-33(20-10-4)28-39-42(27-19-26-37-31-36-32-38-36,40-29-34(21-11-5)24-17-14-8-2)41-30-35(22-12-6)25-18-15-9-3/h33-36H,7-32H2,1-6H3. The van der Waals surface area contributed by atoms with Crippen molar-refractivity contribution in [1.29, 1.82) is 0 Å². The van der Waals surface area contributed by atoms with E-state index in [1.165, 1.54) is 116 Å². The second-order valence-corrected chi connectivity index (χ2v) is 15.9. The molecule has 42 heavy (non-hydrogen) atoms. The Morgan fingerprint density at radius 3 is 1.29 bits per heavy atom. The summed E-state index contributed by atoms with van der Waals surface area (Å²) in [6, 6.07) is 0.855. The molecule has 0 radical (unpaired) electrons. The van der Waals surface area contributed by atoms with Gasteiger partial charge in [-0.1, -0.05) is 119 Å². The average Bonchev–Trinajstić information content (AvgIpc) is 3.82. The van der Waals surface area contributed by atoms with E-state index < -0.39 is 8.80 Å². The lowest BCUT2D eigenvalue weighted by Gasteiger charge is -2.34. The molecule has 0 bridgehead atoms. The Morgan fingerprint density at radius 1 is 0.548 bits per heavy atom. The van der Waals surface area contributed by atoms with Crippen molar-refractivity contribution >= 4 is 8.80 Å². The van der Waals surface area contributed by atoms with Gasteiger partial charge in [0.15, 0.2) is 0 Å². The summed E-state index contributed by atoms with van der Waals surface area (Å²) in [7, 11) is -2.89. The Kier molecular flexibility index (Phi) is 26.1. The van der Waals surface area contributed by atoms with Gasteiger partial charge in [-0.25, -0.2) is 0 Å². The first kappa shape index (κ1) is 40.0. The van der Waals surface area contributed by atoms with Crippen molar-refractivity contribution in [3.8, 4) is 0 Å². The molecular weight excluding hydrogens is 540 g/mol. The van der Waals surface area contributed by atoms with Crippen LogP contribution in [-0.4, -0.2) is 54.5 Å². The van der Waals surface area contributed by atoms with Crippen LogP contribution >= 0.6 is 0 Å². The van der Waals surface area contributed by atoms with E-state index in [-0.39, 0.29) is 0 Å². The predicted molar refractivity (Wildman–Crippen MR) is 181 cm³/mol. The van der Waals surface area contributed by atoms with Crippen molar-refractivity contribution in [2.24, 2.45) is 17.8 Å². The van der Waals surface area contributed by atoms with Crippen LogP contribution in [0.5, 0.6) is 0 Å². The first-order valence-electron chi connectivity index (χ1n) is 18.7. The van der Waals surface area contributed by atoms with Crippen LogP contribution in [0.15, 0.2) is 0 Å². The Labute approximate surface area is 264 Å². The van der Waals surface area contributed by atoms with E-state index in [0.29, 0.717) is 30.5 Å². The van der Waals surface area contributed by atoms with Crippen molar-refractivity contribution in [2.75, 3.05) is 39.6 Å². The molecule has 0 amide bonds. The number of rotatable bonds is 33. The maximum atomic E-state index is 7.04. The zero-order valence-electron chi connectivity index (χ0n) is 29.2. The second kappa shape index (κ2) is 27.3. The van der Waals surface area contributed by atoms with Gasteiger partial charge in [0.2, 0.25) is 0 Å². The molecule has 0 aromatic heterocycles. The normalized spacial score (nSPS) is 18.6. The Hall–Kier alpha value is 0.0169. The topological polar surface area (TPSA) is 49.5 Å². The maximum Gasteiger partial charge on any atom is 0.501 e. The van der Waals surface area contributed by atoms with Gasteiger partial charge in [-0.2, -0.15) is 0 Å². The van der Waals surface area contributed by atoms with Crippen LogP contribution in [0, 0.1) is 17.8 Å². The third kappa shape index (κ3) is 20.9. The SMILES string of the molecule is CCCCCC(CCC)CO[Si](CCCOCC1CO1)(OCC(CCC)CCCCC)OCC(CCC)CCCCC. The molecule has 1 aliphatic heterocycles. The lowest BCUT2D eigenvalue weighted by Crippen LogP contribution is -2.49. The van der Waals surface area contributed by atoms with Crippen molar-refractivity contribution in [1.82, 2.24) is 0 Å². The molecule has 5 nitrogen and oxygen atoms in total. The van der Waals surface area contributed by atoms with E-state index in [0.717, 1.165) is 45.5 Å². The second-order valence-electron chi connectivity index (χ2n) is 13.2.